The quantitative estimate of drug-likeness (QED) is 0.618. The van der Waals surface area contributed by atoms with Crippen molar-refractivity contribution in [1.82, 2.24) is 0 Å². The van der Waals surface area contributed by atoms with Crippen molar-refractivity contribution < 1.29 is 4.57 Å². The van der Waals surface area contributed by atoms with Crippen LogP contribution < -0.4 is 4.57 Å². The molecule has 15 heavy (non-hydrogen) atoms. The van der Waals surface area contributed by atoms with E-state index in [1.54, 1.807) is 0 Å². The molecule has 0 atom stereocenters. The Balaban J connectivity index is 2.40. The van der Waals surface area contributed by atoms with Gasteiger partial charge in [-0.1, -0.05) is 0 Å². The fraction of sp³-hybridized carbons (Fsp3) is 0.250. The van der Waals surface area contributed by atoms with E-state index in [0.29, 0.717) is 14.5 Å². The summed E-state index contributed by atoms with van der Waals surface area (Å²) in [6.45, 7) is 2.18. The third kappa shape index (κ3) is 2.36. The van der Waals surface area contributed by atoms with E-state index >= 15 is 0 Å². The van der Waals surface area contributed by atoms with Crippen LogP contribution in [0.3, 0.4) is 0 Å². The molecule has 0 spiro atoms. The molecule has 0 bridgehead atoms. The van der Waals surface area contributed by atoms with Gasteiger partial charge in [0.05, 0.1) is 0 Å². The Bertz CT molecular complexity index is 487. The standard InChI is InChI=1S/C12H14NSSe/c1-3-14-9-8-12-13(2)10-6-4-5-7-11(10)15-12/h4-9H,3H2,1-2H3/q+1. The van der Waals surface area contributed by atoms with Crippen molar-refractivity contribution in [2.45, 2.75) is 6.92 Å². The molecule has 2 aromatic rings. The van der Waals surface area contributed by atoms with Gasteiger partial charge in [-0.25, -0.2) is 0 Å². The Morgan fingerprint density at radius 3 is 2.93 bits per heavy atom. The molecule has 1 nitrogen and oxygen atoms in total. The molecule has 0 saturated carbocycles. The minimum absolute atomic E-state index is 0.482. The van der Waals surface area contributed by atoms with E-state index in [4.69, 9.17) is 0 Å². The van der Waals surface area contributed by atoms with Gasteiger partial charge < -0.3 is 0 Å². The number of aromatic nitrogens is 1. The molecule has 0 aliphatic rings. The Hall–Kier alpha value is -0.501. The Labute approximate surface area is 101 Å². The summed E-state index contributed by atoms with van der Waals surface area (Å²) in [5.41, 5.74) is 1.37. The number of thioether (sulfide) groups is 1. The van der Waals surface area contributed by atoms with Gasteiger partial charge in [-0.2, -0.15) is 0 Å². The molecule has 0 aliphatic heterocycles. The van der Waals surface area contributed by atoms with E-state index in [0.717, 1.165) is 5.75 Å². The Morgan fingerprint density at radius 1 is 1.40 bits per heavy atom. The van der Waals surface area contributed by atoms with Crippen LogP contribution in [0.25, 0.3) is 15.9 Å². The second kappa shape index (κ2) is 5.02. The number of hydrogen-bond donors (Lipinski definition) is 0. The Kier molecular flexibility index (Phi) is 3.68. The summed E-state index contributed by atoms with van der Waals surface area (Å²) in [4.78, 5) is 0. The third-order valence-electron chi connectivity index (χ3n) is 2.25. The number of hydrogen-bond acceptors (Lipinski definition) is 1. The van der Waals surface area contributed by atoms with E-state index < -0.39 is 0 Å². The normalized spacial score (nSPS) is 11.6. The zero-order valence-corrected chi connectivity index (χ0v) is 11.5. The molecule has 0 unspecified atom stereocenters. The van der Waals surface area contributed by atoms with Crippen LogP contribution in [0.4, 0.5) is 0 Å². The van der Waals surface area contributed by atoms with Crippen LogP contribution in [0, 0.1) is 0 Å². The summed E-state index contributed by atoms with van der Waals surface area (Å²) >= 11 is 2.34. The SMILES string of the molecule is CCSC=Cc1[se]c2ccccc2[n+]1C. The first-order valence-electron chi connectivity index (χ1n) is 4.98. The molecule has 1 aromatic heterocycles. The maximum absolute atomic E-state index is 2.31. The van der Waals surface area contributed by atoms with Gasteiger partial charge in [-0.3, -0.25) is 0 Å². The van der Waals surface area contributed by atoms with E-state index in [1.165, 1.54) is 14.3 Å². The summed E-state index contributed by atoms with van der Waals surface area (Å²) in [5, 5.41) is 2.21. The summed E-state index contributed by atoms with van der Waals surface area (Å²) in [6.07, 6.45) is 2.26. The van der Waals surface area contributed by atoms with Crippen LogP contribution in [0.2, 0.25) is 0 Å². The van der Waals surface area contributed by atoms with Crippen LogP contribution in [-0.2, 0) is 7.05 Å². The minimum atomic E-state index is 0.482. The van der Waals surface area contributed by atoms with Gasteiger partial charge in [0, 0.05) is 0 Å². The van der Waals surface area contributed by atoms with Crippen LogP contribution in [0.1, 0.15) is 11.5 Å². The molecule has 0 aliphatic carbocycles. The molecular formula is C12H14NSSe+. The molecule has 0 saturated heterocycles. The van der Waals surface area contributed by atoms with Crippen molar-refractivity contribution in [3.8, 4) is 0 Å². The van der Waals surface area contributed by atoms with Crippen molar-refractivity contribution in [1.29, 1.82) is 0 Å². The van der Waals surface area contributed by atoms with Crippen molar-refractivity contribution >= 4 is 42.1 Å². The summed E-state index contributed by atoms with van der Waals surface area (Å²) in [5.74, 6) is 1.15. The number of benzene rings is 1. The van der Waals surface area contributed by atoms with E-state index in [-0.39, 0.29) is 0 Å². The molecule has 1 heterocycles. The first-order chi connectivity index (χ1) is 7.33. The van der Waals surface area contributed by atoms with Gasteiger partial charge in [0.15, 0.2) is 0 Å². The van der Waals surface area contributed by atoms with Gasteiger partial charge >= 0.3 is 101 Å². The molecule has 0 amide bonds. The molecule has 0 radical (unpaired) electrons. The van der Waals surface area contributed by atoms with Crippen molar-refractivity contribution in [3.63, 3.8) is 0 Å². The predicted molar refractivity (Wildman–Crippen MR) is 69.2 cm³/mol. The van der Waals surface area contributed by atoms with Crippen LogP contribution >= 0.6 is 11.8 Å². The predicted octanol–water partition coefficient (Wildman–Crippen LogP) is 2.45. The first-order valence-corrected chi connectivity index (χ1v) is 7.75. The van der Waals surface area contributed by atoms with Gasteiger partial charge in [-0.05, 0) is 0 Å². The molecular weight excluding hydrogens is 269 g/mol. The van der Waals surface area contributed by atoms with Crippen LogP contribution in [0.15, 0.2) is 29.7 Å². The van der Waals surface area contributed by atoms with Crippen molar-refractivity contribution in [2.75, 3.05) is 5.75 Å². The summed E-state index contributed by atoms with van der Waals surface area (Å²) in [6, 6.07) is 8.67. The topological polar surface area (TPSA) is 3.88 Å². The number of rotatable bonds is 3. The summed E-state index contributed by atoms with van der Waals surface area (Å²) in [7, 11) is 2.16. The van der Waals surface area contributed by atoms with E-state index in [9.17, 15) is 0 Å². The maximum atomic E-state index is 2.31. The first kappa shape index (κ1) is 11.0. The second-order valence-electron chi connectivity index (χ2n) is 3.23. The van der Waals surface area contributed by atoms with Crippen LogP contribution in [0.5, 0.6) is 0 Å². The molecule has 3 heteroatoms. The zero-order valence-electron chi connectivity index (χ0n) is 8.93. The number of nitrogens with zero attached hydrogens (tertiary/aromatic N) is 1. The Morgan fingerprint density at radius 2 is 2.20 bits per heavy atom. The molecule has 1 aromatic carbocycles. The second-order valence-corrected chi connectivity index (χ2v) is 6.64. The molecule has 2 rings (SSSR count). The number of fused-ring (bicyclic) bond motifs is 1. The average Bonchev–Trinajstić information content (AvgIpc) is 2.57. The zero-order chi connectivity index (χ0) is 10.7. The van der Waals surface area contributed by atoms with E-state index in [2.05, 4.69) is 54.3 Å². The molecule has 78 valence electrons. The van der Waals surface area contributed by atoms with Gasteiger partial charge in [0.1, 0.15) is 0 Å². The van der Waals surface area contributed by atoms with Crippen molar-refractivity contribution in [3.05, 3.63) is 34.2 Å². The fourth-order valence-corrected chi connectivity index (χ4v) is 4.29. The summed E-state index contributed by atoms with van der Waals surface area (Å²) < 4.78 is 5.25. The molecule has 0 N–H and O–H groups in total. The molecule has 0 fully saturated rings. The van der Waals surface area contributed by atoms with Crippen molar-refractivity contribution in [2.24, 2.45) is 7.05 Å². The third-order valence-corrected chi connectivity index (χ3v) is 5.39. The monoisotopic (exact) mass is 284 g/mol. The van der Waals surface area contributed by atoms with Gasteiger partial charge in [0.2, 0.25) is 0 Å². The fourth-order valence-electron chi connectivity index (χ4n) is 1.47. The van der Waals surface area contributed by atoms with Crippen LogP contribution in [-0.4, -0.2) is 20.3 Å². The average molecular weight is 283 g/mol. The van der Waals surface area contributed by atoms with E-state index in [1.807, 2.05) is 11.8 Å². The number of para-hydroxylation sites is 1. The van der Waals surface area contributed by atoms with Gasteiger partial charge in [-0.15, -0.1) is 0 Å². The van der Waals surface area contributed by atoms with Gasteiger partial charge in [0.25, 0.3) is 0 Å². The number of aryl methyl sites for hydroxylation is 1.